The summed E-state index contributed by atoms with van der Waals surface area (Å²) in [7, 11) is 3.51. The number of hydrogen-bond acceptors (Lipinski definition) is 8. The van der Waals surface area contributed by atoms with Crippen LogP contribution in [0.2, 0.25) is 0 Å². The molecule has 2 aromatic carbocycles. The van der Waals surface area contributed by atoms with Crippen LogP contribution in [0.25, 0.3) is 0 Å². The number of methoxy groups -OCH3 is 2. The zero-order chi connectivity index (χ0) is 34.5. The van der Waals surface area contributed by atoms with Gasteiger partial charge in [0.15, 0.2) is 0 Å². The third-order valence-corrected chi connectivity index (χ3v) is 13.7. The summed E-state index contributed by atoms with van der Waals surface area (Å²) >= 11 is 7.56. The lowest BCUT2D eigenvalue weighted by molar-refractivity contribution is 0.0328. The fraction of sp³-hybridized carbons (Fsp3) is 0.600. The highest BCUT2D eigenvalue weighted by Crippen LogP contribution is 2.35. The van der Waals surface area contributed by atoms with E-state index in [9.17, 15) is 0 Å². The van der Waals surface area contributed by atoms with Gasteiger partial charge in [0.1, 0.15) is 11.5 Å². The van der Waals surface area contributed by atoms with Crippen LogP contribution in [0.1, 0.15) is 62.5 Å². The lowest BCUT2D eigenvalue weighted by atomic mass is 9.87. The molecule has 8 nitrogen and oxygen atoms in total. The van der Waals surface area contributed by atoms with E-state index in [4.69, 9.17) is 19.4 Å². The third kappa shape index (κ3) is 8.68. The number of rotatable bonds is 10. The lowest BCUT2D eigenvalue weighted by Crippen LogP contribution is -2.60. The largest absolute Gasteiger partial charge is 0.497 e. The molecular weight excluding hydrogens is 756 g/mol. The van der Waals surface area contributed by atoms with Gasteiger partial charge in [0.05, 0.1) is 20.4 Å². The second kappa shape index (κ2) is 17.1. The topological polar surface area (TPSA) is 57.2 Å². The number of aromatic nitrogens is 2. The van der Waals surface area contributed by atoms with E-state index in [0.29, 0.717) is 18.2 Å². The van der Waals surface area contributed by atoms with Gasteiger partial charge in [0.25, 0.3) is 0 Å². The summed E-state index contributed by atoms with van der Waals surface area (Å²) in [5.74, 6) is 4.25. The van der Waals surface area contributed by atoms with E-state index in [1.807, 2.05) is 30.6 Å². The lowest BCUT2D eigenvalue weighted by Gasteiger charge is -2.51. The third-order valence-electron chi connectivity index (χ3n) is 12.1. The van der Waals surface area contributed by atoms with Crippen LogP contribution in [0.15, 0.2) is 63.8 Å². The maximum atomic E-state index is 5.51. The van der Waals surface area contributed by atoms with Gasteiger partial charge in [-0.25, -0.2) is 9.97 Å². The Morgan fingerprint density at radius 1 is 0.620 bits per heavy atom. The molecule has 4 aliphatic rings. The van der Waals surface area contributed by atoms with Crippen LogP contribution in [0.4, 0.5) is 5.95 Å². The second-order valence-electron chi connectivity index (χ2n) is 14.9. The van der Waals surface area contributed by atoms with Crippen molar-refractivity contribution in [3.8, 4) is 11.5 Å². The molecule has 270 valence electrons. The van der Waals surface area contributed by atoms with Crippen molar-refractivity contribution >= 4 is 37.8 Å². The van der Waals surface area contributed by atoms with Crippen LogP contribution in [-0.2, 0) is 12.8 Å². The minimum absolute atomic E-state index is 0.356. The van der Waals surface area contributed by atoms with E-state index < -0.39 is 0 Å². The molecule has 4 fully saturated rings. The zero-order valence-corrected chi connectivity index (χ0v) is 33.0. The van der Waals surface area contributed by atoms with E-state index in [0.717, 1.165) is 61.8 Å². The molecule has 4 saturated heterocycles. The van der Waals surface area contributed by atoms with Crippen molar-refractivity contribution in [2.75, 3.05) is 64.9 Å². The molecule has 5 heterocycles. The first-order valence-electron chi connectivity index (χ1n) is 18.9. The Morgan fingerprint density at radius 3 is 1.62 bits per heavy atom. The van der Waals surface area contributed by atoms with Crippen molar-refractivity contribution < 1.29 is 9.47 Å². The van der Waals surface area contributed by atoms with Gasteiger partial charge >= 0.3 is 0 Å². The first-order valence-corrected chi connectivity index (χ1v) is 20.5. The highest BCUT2D eigenvalue weighted by Gasteiger charge is 2.39. The fourth-order valence-corrected chi connectivity index (χ4v) is 9.98. The average molecular weight is 811 g/mol. The van der Waals surface area contributed by atoms with Crippen LogP contribution in [-0.4, -0.2) is 103 Å². The Morgan fingerprint density at radius 2 is 1.10 bits per heavy atom. The van der Waals surface area contributed by atoms with Gasteiger partial charge in [-0.1, -0.05) is 31.9 Å². The van der Waals surface area contributed by atoms with Crippen molar-refractivity contribution in [2.45, 2.75) is 82.5 Å². The Labute approximate surface area is 316 Å². The number of nitrogens with zero attached hydrogens (tertiary/aromatic N) is 6. The first-order chi connectivity index (χ1) is 24.5. The predicted octanol–water partition coefficient (Wildman–Crippen LogP) is 7.69. The van der Waals surface area contributed by atoms with Crippen LogP contribution in [0.5, 0.6) is 11.5 Å². The molecule has 0 bridgehead atoms. The van der Waals surface area contributed by atoms with Crippen LogP contribution < -0.4 is 14.4 Å². The fourth-order valence-electron chi connectivity index (χ4n) is 9.16. The SMILES string of the molecule is COc1ccc(Br)c(CC2CCN(C3CCN(C4CC(N5CCC(Cc6cc(OC)ccc6Br)CC5)CCN4c4ncccn4)CC3)CC2)c1. The normalized spacial score (nSPS) is 24.0. The number of hydrogen-bond donors (Lipinski definition) is 0. The van der Waals surface area contributed by atoms with E-state index in [1.165, 1.54) is 97.6 Å². The first kappa shape index (κ1) is 36.1. The van der Waals surface area contributed by atoms with Crippen molar-refractivity contribution in [3.05, 3.63) is 74.9 Å². The molecule has 1 aromatic heterocycles. The molecule has 7 rings (SSSR count). The molecule has 4 aliphatic heterocycles. The summed E-state index contributed by atoms with van der Waals surface area (Å²) in [5, 5.41) is 0. The Hall–Kier alpha value is -2.24. The summed E-state index contributed by atoms with van der Waals surface area (Å²) in [6.07, 6.45) is 16.3. The highest BCUT2D eigenvalue weighted by atomic mass is 79.9. The molecule has 2 atom stereocenters. The molecule has 10 heteroatoms. The molecule has 0 saturated carbocycles. The molecule has 2 unspecified atom stereocenters. The molecule has 0 spiro atoms. The van der Waals surface area contributed by atoms with Crippen LogP contribution >= 0.6 is 31.9 Å². The Kier molecular flexibility index (Phi) is 12.3. The molecule has 3 aromatic rings. The van der Waals surface area contributed by atoms with Gasteiger partial charge in [0, 0.05) is 53.1 Å². The van der Waals surface area contributed by atoms with Crippen molar-refractivity contribution in [1.29, 1.82) is 0 Å². The Balaban J connectivity index is 0.928. The standard InChI is InChI=1S/C40H54Br2N6O2/c1-49-35-4-6-37(41)31(26-35)24-29-8-17-45(18-9-29)33-12-21-47(22-13-33)39-28-34(14-23-48(39)40-43-15-3-16-44-40)46-19-10-30(11-20-46)25-32-27-36(50-2)5-7-38(32)42/h3-7,15-16,26-27,29-30,33-34,39H,8-14,17-25,28H2,1-2H3. The zero-order valence-electron chi connectivity index (χ0n) is 29.9. The Bertz CT molecular complexity index is 1520. The molecule has 0 radical (unpaired) electrons. The summed E-state index contributed by atoms with van der Waals surface area (Å²) < 4.78 is 13.4. The quantitative estimate of drug-likeness (QED) is 0.207. The number of ether oxygens (including phenoxy) is 2. The maximum Gasteiger partial charge on any atom is 0.226 e. The second-order valence-corrected chi connectivity index (χ2v) is 16.7. The van der Waals surface area contributed by atoms with Gasteiger partial charge in [-0.05, 0) is 156 Å². The van der Waals surface area contributed by atoms with Gasteiger partial charge in [-0.3, -0.25) is 4.90 Å². The maximum absolute atomic E-state index is 5.51. The van der Waals surface area contributed by atoms with E-state index in [-0.39, 0.29) is 0 Å². The van der Waals surface area contributed by atoms with Gasteiger partial charge < -0.3 is 24.2 Å². The number of halogens is 2. The number of anilines is 1. The molecule has 0 amide bonds. The van der Waals surface area contributed by atoms with Crippen molar-refractivity contribution in [3.63, 3.8) is 0 Å². The van der Waals surface area contributed by atoms with E-state index in [2.05, 4.69) is 75.7 Å². The summed E-state index contributed by atoms with van der Waals surface area (Å²) in [6, 6.07) is 16.0. The summed E-state index contributed by atoms with van der Waals surface area (Å²) in [4.78, 5) is 20.4. The van der Waals surface area contributed by atoms with Crippen molar-refractivity contribution in [1.82, 2.24) is 24.7 Å². The number of benzene rings is 2. The highest BCUT2D eigenvalue weighted by molar-refractivity contribution is 9.10. The van der Waals surface area contributed by atoms with Gasteiger partial charge in [-0.15, -0.1) is 0 Å². The summed E-state index contributed by atoms with van der Waals surface area (Å²) in [5.41, 5.74) is 2.74. The van der Waals surface area contributed by atoms with E-state index in [1.54, 1.807) is 14.2 Å². The average Bonchev–Trinajstić information content (AvgIpc) is 3.17. The smallest absolute Gasteiger partial charge is 0.226 e. The molecular formula is C40H54Br2N6O2. The number of likely N-dealkylation sites (tertiary alicyclic amines) is 3. The molecule has 0 aliphatic carbocycles. The van der Waals surface area contributed by atoms with Crippen LogP contribution in [0.3, 0.4) is 0 Å². The van der Waals surface area contributed by atoms with E-state index >= 15 is 0 Å². The van der Waals surface area contributed by atoms with Crippen LogP contribution in [0, 0.1) is 11.8 Å². The molecule has 50 heavy (non-hydrogen) atoms. The number of piperidine rings is 4. The predicted molar refractivity (Wildman–Crippen MR) is 208 cm³/mol. The monoisotopic (exact) mass is 808 g/mol. The minimum Gasteiger partial charge on any atom is -0.497 e. The van der Waals surface area contributed by atoms with Gasteiger partial charge in [-0.2, -0.15) is 0 Å². The van der Waals surface area contributed by atoms with Crippen molar-refractivity contribution in [2.24, 2.45) is 11.8 Å². The molecule has 0 N–H and O–H groups in total. The van der Waals surface area contributed by atoms with Gasteiger partial charge in [0.2, 0.25) is 5.95 Å². The summed E-state index contributed by atoms with van der Waals surface area (Å²) in [6.45, 7) is 8.15. The minimum atomic E-state index is 0.356.